The summed E-state index contributed by atoms with van der Waals surface area (Å²) < 4.78 is 7.22. The largest absolute Gasteiger partial charge is 0.454 e. The zero-order chi connectivity index (χ0) is 60.1. The maximum absolute atomic E-state index is 7.22. The molecule has 2 aliphatic heterocycles. The summed E-state index contributed by atoms with van der Waals surface area (Å²) in [5.74, 6) is 0. The van der Waals surface area contributed by atoms with Crippen LogP contribution in [-0.4, -0.2) is 6.71 Å². The molecule has 3 aliphatic carbocycles. The third-order valence-electron chi connectivity index (χ3n) is 22.0. The quantitative estimate of drug-likeness (QED) is 0.160. The van der Waals surface area contributed by atoms with Gasteiger partial charge in [-0.3, -0.25) is 0 Å². The predicted octanol–water partition coefficient (Wildman–Crippen LogP) is 20.8. The van der Waals surface area contributed by atoms with Crippen LogP contribution in [0.1, 0.15) is 208 Å². The number of hydrogen-bond donors (Lipinski definition) is 0. The van der Waals surface area contributed by atoms with Crippen molar-refractivity contribution in [2.24, 2.45) is 0 Å². The molecule has 0 spiro atoms. The summed E-state index contributed by atoms with van der Waals surface area (Å²) in [4.78, 5) is 7.95. The molecule has 0 N–H and O–H groups in total. The van der Waals surface area contributed by atoms with Crippen molar-refractivity contribution in [3.05, 3.63) is 190 Å². The third kappa shape index (κ3) is 8.64. The molecule has 85 heavy (non-hydrogen) atoms. The highest BCUT2D eigenvalue weighted by molar-refractivity contribution is 7.00. The van der Waals surface area contributed by atoms with Gasteiger partial charge in [-0.15, -0.1) is 0 Å². The highest BCUT2D eigenvalue weighted by atomic mass is 16.3. The van der Waals surface area contributed by atoms with E-state index in [-0.39, 0.29) is 50.0 Å². The van der Waals surface area contributed by atoms with Crippen molar-refractivity contribution in [2.75, 3.05) is 14.7 Å². The van der Waals surface area contributed by atoms with Gasteiger partial charge >= 0.3 is 0 Å². The Morgan fingerprint density at radius 3 is 1.29 bits per heavy atom. The predicted molar refractivity (Wildman–Crippen MR) is 366 cm³/mol. The summed E-state index contributed by atoms with van der Waals surface area (Å²) in [5, 5.41) is 2.26. The lowest BCUT2D eigenvalue weighted by Crippen LogP contribution is -2.62. The average molecular weight is 1120 g/mol. The second-order valence-electron chi connectivity index (χ2n) is 32.6. The summed E-state index contributed by atoms with van der Waals surface area (Å²) >= 11 is 0. The number of benzene rings is 8. The van der Waals surface area contributed by atoms with Gasteiger partial charge in [-0.05, 0) is 216 Å². The molecule has 0 saturated carbocycles. The van der Waals surface area contributed by atoms with Crippen molar-refractivity contribution in [1.82, 2.24) is 0 Å². The van der Waals surface area contributed by atoms with Crippen molar-refractivity contribution in [3.8, 4) is 0 Å². The van der Waals surface area contributed by atoms with E-state index < -0.39 is 0 Å². The highest BCUT2D eigenvalue weighted by Gasteiger charge is 2.50. The highest BCUT2D eigenvalue weighted by Crippen LogP contribution is 2.56. The molecule has 8 aromatic carbocycles. The van der Waals surface area contributed by atoms with E-state index >= 15 is 0 Å². The minimum absolute atomic E-state index is 0.00106. The fourth-order valence-electron chi connectivity index (χ4n) is 16.1. The number of nitrogens with zero attached hydrogens (tertiary/aromatic N) is 3. The molecular formula is C80H90BN3O. The molecule has 3 heterocycles. The molecule has 0 unspecified atom stereocenters. The Bertz CT molecular complexity index is 4170. The molecule has 5 heteroatoms. The van der Waals surface area contributed by atoms with E-state index in [1.807, 2.05) is 0 Å². The van der Waals surface area contributed by atoms with E-state index in [0.717, 1.165) is 76.8 Å². The second kappa shape index (κ2) is 18.3. The van der Waals surface area contributed by atoms with E-state index in [2.05, 4.69) is 285 Å². The topological polar surface area (TPSA) is 22.9 Å². The molecule has 9 aromatic rings. The van der Waals surface area contributed by atoms with Crippen LogP contribution in [0.25, 0.3) is 21.9 Å². The number of fused-ring (bicyclic) bond motifs is 10. The summed E-state index contributed by atoms with van der Waals surface area (Å²) in [6.45, 7) is 43.7. The van der Waals surface area contributed by atoms with Gasteiger partial charge in [0, 0.05) is 50.6 Å². The van der Waals surface area contributed by atoms with Crippen LogP contribution >= 0.6 is 0 Å². The lowest BCUT2D eigenvalue weighted by molar-refractivity contribution is 0.332. The van der Waals surface area contributed by atoms with Gasteiger partial charge in [0.25, 0.3) is 6.71 Å². The van der Waals surface area contributed by atoms with Gasteiger partial charge in [0.05, 0.1) is 11.4 Å². The number of anilines is 9. The normalized spacial score (nSPS) is 19.2. The van der Waals surface area contributed by atoms with E-state index in [4.69, 9.17) is 4.42 Å². The first-order chi connectivity index (χ1) is 39.8. The molecule has 434 valence electrons. The van der Waals surface area contributed by atoms with Crippen LogP contribution in [0.2, 0.25) is 0 Å². The number of rotatable bonds is 5. The summed E-state index contributed by atoms with van der Waals surface area (Å²) in [6.07, 6.45) is 6.86. The van der Waals surface area contributed by atoms with Crippen LogP contribution in [0.5, 0.6) is 0 Å². The van der Waals surface area contributed by atoms with Crippen LogP contribution in [0, 0.1) is 0 Å². The SMILES string of the molecule is CC(C)(C)c1ccc(N(c2ccc(C(C)(C)C)cc2)c2cc3c4c(c2)N(c2cccc5c2oc2ccccc25)c2cc5c(cc2B4c2cc4c(cc2N3c2ccc3c(c2)C(C)(C)CCC3(C)C)C(C)(C)CCC4(C)C)C(C)(C)CCC5(C)C)cc1. The first-order valence-electron chi connectivity index (χ1n) is 32.1. The summed E-state index contributed by atoms with van der Waals surface area (Å²) in [7, 11) is 0. The van der Waals surface area contributed by atoms with Crippen molar-refractivity contribution < 1.29 is 4.42 Å². The van der Waals surface area contributed by atoms with E-state index in [9.17, 15) is 0 Å². The van der Waals surface area contributed by atoms with Gasteiger partial charge in [-0.1, -0.05) is 197 Å². The maximum Gasteiger partial charge on any atom is 0.252 e. The number of furan rings is 1. The molecule has 4 nitrogen and oxygen atoms in total. The van der Waals surface area contributed by atoms with E-state index in [1.54, 1.807) is 0 Å². The molecular weight excluding hydrogens is 1030 g/mol. The van der Waals surface area contributed by atoms with Gasteiger partial charge in [0.1, 0.15) is 5.58 Å². The molecule has 0 atom stereocenters. The maximum atomic E-state index is 7.22. The average Bonchev–Trinajstić information content (AvgIpc) is 0.788. The lowest BCUT2D eigenvalue weighted by Gasteiger charge is -2.49. The molecule has 0 radical (unpaired) electrons. The molecule has 1 aromatic heterocycles. The van der Waals surface area contributed by atoms with Crippen LogP contribution in [-0.2, 0) is 43.3 Å². The number of hydrogen-bond acceptors (Lipinski definition) is 4. The van der Waals surface area contributed by atoms with Crippen LogP contribution < -0.4 is 31.1 Å². The Kier molecular flexibility index (Phi) is 12.0. The van der Waals surface area contributed by atoms with Crippen molar-refractivity contribution in [1.29, 1.82) is 0 Å². The zero-order valence-corrected chi connectivity index (χ0v) is 54.4. The van der Waals surface area contributed by atoms with Gasteiger partial charge in [0.2, 0.25) is 0 Å². The third-order valence-corrected chi connectivity index (χ3v) is 22.0. The van der Waals surface area contributed by atoms with Gasteiger partial charge < -0.3 is 19.1 Å². The smallest absolute Gasteiger partial charge is 0.252 e. The van der Waals surface area contributed by atoms with Crippen molar-refractivity contribution in [3.63, 3.8) is 0 Å². The fourth-order valence-corrected chi connectivity index (χ4v) is 16.1. The zero-order valence-electron chi connectivity index (χ0n) is 54.4. The minimum atomic E-state index is -0.0812. The van der Waals surface area contributed by atoms with Crippen LogP contribution in [0.4, 0.5) is 51.2 Å². The van der Waals surface area contributed by atoms with E-state index in [0.29, 0.717) is 0 Å². The van der Waals surface area contributed by atoms with Crippen LogP contribution in [0.15, 0.2) is 150 Å². The summed E-state index contributed by atoms with van der Waals surface area (Å²) in [6, 6.07) is 57.9. The summed E-state index contributed by atoms with van der Waals surface area (Å²) in [5.41, 5.74) is 27.9. The van der Waals surface area contributed by atoms with Crippen molar-refractivity contribution >= 4 is 96.2 Å². The van der Waals surface area contributed by atoms with Crippen LogP contribution in [0.3, 0.4) is 0 Å². The van der Waals surface area contributed by atoms with E-state index in [1.165, 1.54) is 95.8 Å². The van der Waals surface area contributed by atoms with Gasteiger partial charge in [-0.25, -0.2) is 0 Å². The minimum Gasteiger partial charge on any atom is -0.454 e. The Balaban J connectivity index is 1.17. The fraction of sp³-hybridized carbons (Fsp3) is 0.400. The molecule has 0 saturated heterocycles. The van der Waals surface area contributed by atoms with Crippen molar-refractivity contribution in [2.45, 2.75) is 206 Å². The molecule has 5 aliphatic rings. The Morgan fingerprint density at radius 2 is 0.800 bits per heavy atom. The van der Waals surface area contributed by atoms with Gasteiger partial charge in [-0.2, -0.15) is 0 Å². The molecule has 0 amide bonds. The first-order valence-corrected chi connectivity index (χ1v) is 32.1. The molecule has 0 fully saturated rings. The second-order valence-corrected chi connectivity index (χ2v) is 32.6. The Labute approximate surface area is 509 Å². The Morgan fingerprint density at radius 1 is 0.376 bits per heavy atom. The first kappa shape index (κ1) is 55.9. The monoisotopic (exact) mass is 1120 g/mol. The number of para-hydroxylation sites is 2. The molecule has 14 rings (SSSR count). The van der Waals surface area contributed by atoms with Gasteiger partial charge in [0.15, 0.2) is 5.58 Å². The lowest BCUT2D eigenvalue weighted by atomic mass is 9.32. The Hall–Kier alpha value is -6.98. The standard InChI is InChI=1S/C80H90BN3O/c1-73(2,3)49-26-30-51(31-27-49)82(52-32-28-50(29-33-52)74(4,5)6)54-43-68-71-69(44-54)84(65-24-21-23-56-55-22-19-20-25-70(55)85-72(56)65)67-48-62-60(78(13,14)39-41-80(62,17)18)46-64(67)81(71)63-45-59-61(79(15,16)40-38-77(59,11)12)47-66(63)83(68)53-34-35-57-58(42-53)76(9,10)37-36-75(57,7)8/h19-35,42-48H,36-41H2,1-18H3. The molecule has 0 bridgehead atoms.